The van der Waals surface area contributed by atoms with Crippen LogP contribution in [0.5, 0.6) is 0 Å². The number of nitrogens with zero attached hydrogens (tertiary/aromatic N) is 4. The van der Waals surface area contributed by atoms with Crippen LogP contribution in [0.4, 0.5) is 10.2 Å². The summed E-state index contributed by atoms with van der Waals surface area (Å²) in [6.45, 7) is 2.88. The third-order valence-electron chi connectivity index (χ3n) is 6.49. The molecule has 7 heteroatoms. The van der Waals surface area contributed by atoms with E-state index in [-0.39, 0.29) is 30.1 Å². The van der Waals surface area contributed by atoms with Crippen LogP contribution in [0.3, 0.4) is 0 Å². The van der Waals surface area contributed by atoms with Gasteiger partial charge in [-0.3, -0.25) is 14.5 Å². The van der Waals surface area contributed by atoms with Crippen LogP contribution in [0.15, 0.2) is 54.6 Å². The van der Waals surface area contributed by atoms with Crippen LogP contribution in [0.1, 0.15) is 51.9 Å². The Morgan fingerprint density at radius 3 is 2.64 bits per heavy atom. The van der Waals surface area contributed by atoms with Gasteiger partial charge in [0, 0.05) is 29.9 Å². The molecule has 2 aliphatic rings. The zero-order valence-electron chi connectivity index (χ0n) is 18.5. The molecule has 0 bridgehead atoms. The average Bonchev–Trinajstić information content (AvgIpc) is 3.43. The second-order valence-corrected chi connectivity index (χ2v) is 8.56. The number of benzene rings is 2. The van der Waals surface area contributed by atoms with Crippen LogP contribution in [-0.4, -0.2) is 39.8 Å². The van der Waals surface area contributed by atoms with Gasteiger partial charge in [-0.25, -0.2) is 14.4 Å². The first-order valence-corrected chi connectivity index (χ1v) is 11.3. The molecule has 3 aromatic rings. The van der Waals surface area contributed by atoms with Crippen LogP contribution in [-0.2, 0) is 17.6 Å². The molecular weight excluding hydrogens is 419 g/mol. The van der Waals surface area contributed by atoms with Gasteiger partial charge in [0.2, 0.25) is 5.91 Å². The number of hydrogen-bond acceptors (Lipinski definition) is 4. The summed E-state index contributed by atoms with van der Waals surface area (Å²) in [6.07, 6.45) is 2.30. The smallest absolute Gasteiger partial charge is 0.254 e. The molecule has 0 unspecified atom stereocenters. The van der Waals surface area contributed by atoms with E-state index in [9.17, 15) is 14.0 Å². The van der Waals surface area contributed by atoms with E-state index in [1.807, 2.05) is 42.2 Å². The van der Waals surface area contributed by atoms with E-state index >= 15 is 0 Å². The van der Waals surface area contributed by atoms with E-state index < -0.39 is 0 Å². The van der Waals surface area contributed by atoms with Gasteiger partial charge in [-0.05, 0) is 49.9 Å². The van der Waals surface area contributed by atoms with Crippen molar-refractivity contribution in [3.05, 3.63) is 88.6 Å². The van der Waals surface area contributed by atoms with Crippen molar-refractivity contribution in [2.24, 2.45) is 0 Å². The number of rotatable bonds is 5. The van der Waals surface area contributed by atoms with Crippen molar-refractivity contribution >= 4 is 17.6 Å². The average molecular weight is 445 g/mol. The normalized spacial score (nSPS) is 17.5. The molecule has 2 aliphatic heterocycles. The van der Waals surface area contributed by atoms with Crippen LogP contribution in [0.2, 0.25) is 0 Å². The number of halogens is 1. The number of carbonyl (C=O) groups is 2. The Morgan fingerprint density at radius 1 is 1.09 bits per heavy atom. The Kier molecular flexibility index (Phi) is 5.62. The first kappa shape index (κ1) is 21.2. The number of fused-ring (bicyclic) bond motifs is 1. The molecule has 0 aliphatic carbocycles. The number of carbonyl (C=O) groups excluding carboxylic acids is 2. The van der Waals surface area contributed by atoms with Gasteiger partial charge in [-0.15, -0.1) is 0 Å². The molecular formula is C26H25FN4O2. The summed E-state index contributed by atoms with van der Waals surface area (Å²) in [5.74, 6) is 0.799. The first-order valence-electron chi connectivity index (χ1n) is 11.3. The number of aryl methyl sites for hydroxylation is 1. The van der Waals surface area contributed by atoms with Crippen LogP contribution in [0.25, 0.3) is 0 Å². The van der Waals surface area contributed by atoms with Crippen LogP contribution in [0, 0.1) is 12.7 Å². The van der Waals surface area contributed by atoms with Crippen LogP contribution >= 0.6 is 0 Å². The summed E-state index contributed by atoms with van der Waals surface area (Å²) in [5.41, 5.74) is 2.79. The fraction of sp³-hybridized carbons (Fsp3) is 0.308. The molecule has 1 aromatic heterocycles. The second kappa shape index (κ2) is 8.73. The topological polar surface area (TPSA) is 66.4 Å². The van der Waals surface area contributed by atoms with E-state index in [1.54, 1.807) is 23.1 Å². The highest BCUT2D eigenvalue weighted by molar-refractivity contribution is 6.00. The van der Waals surface area contributed by atoms with E-state index in [1.165, 1.54) is 6.07 Å². The molecule has 2 aromatic carbocycles. The lowest BCUT2D eigenvalue weighted by atomic mass is 10.1. The Balaban J connectivity index is 1.43. The SMILES string of the molecule is Cc1nc([C@H]2CCCN2C(=O)c2ccccc2)nc2c1CC(=O)N2CCc1ccccc1F. The number of likely N-dealkylation sites (tertiary alicyclic amines) is 1. The third kappa shape index (κ3) is 3.99. The van der Waals surface area contributed by atoms with E-state index in [0.29, 0.717) is 42.3 Å². The zero-order valence-corrected chi connectivity index (χ0v) is 18.5. The molecule has 0 saturated carbocycles. The number of anilines is 1. The van der Waals surface area contributed by atoms with Crippen molar-refractivity contribution in [2.45, 2.75) is 38.6 Å². The van der Waals surface area contributed by atoms with Gasteiger partial charge < -0.3 is 4.90 Å². The maximum absolute atomic E-state index is 14.1. The second-order valence-electron chi connectivity index (χ2n) is 8.56. The quantitative estimate of drug-likeness (QED) is 0.596. The maximum Gasteiger partial charge on any atom is 0.254 e. The number of aromatic nitrogens is 2. The van der Waals surface area contributed by atoms with Gasteiger partial charge in [0.15, 0.2) is 5.82 Å². The molecule has 1 saturated heterocycles. The molecule has 6 nitrogen and oxygen atoms in total. The number of hydrogen-bond donors (Lipinski definition) is 0. The number of amides is 2. The third-order valence-corrected chi connectivity index (χ3v) is 6.49. The predicted octanol–water partition coefficient (Wildman–Crippen LogP) is 4.03. The van der Waals surface area contributed by atoms with E-state index in [2.05, 4.69) is 0 Å². The van der Waals surface area contributed by atoms with Crippen molar-refractivity contribution in [1.29, 1.82) is 0 Å². The lowest BCUT2D eigenvalue weighted by Crippen LogP contribution is -2.32. The lowest BCUT2D eigenvalue weighted by molar-refractivity contribution is -0.117. The first-order chi connectivity index (χ1) is 16.0. The Labute approximate surface area is 192 Å². The fourth-order valence-corrected chi connectivity index (χ4v) is 4.73. The lowest BCUT2D eigenvalue weighted by Gasteiger charge is -2.25. The minimum atomic E-state index is -0.273. The highest BCUT2D eigenvalue weighted by atomic mass is 19.1. The highest BCUT2D eigenvalue weighted by Gasteiger charge is 2.36. The van der Waals surface area contributed by atoms with Crippen molar-refractivity contribution in [2.75, 3.05) is 18.0 Å². The van der Waals surface area contributed by atoms with E-state index in [0.717, 1.165) is 24.1 Å². The molecule has 168 valence electrons. The molecule has 3 heterocycles. The fourth-order valence-electron chi connectivity index (χ4n) is 4.73. The molecule has 2 amide bonds. The van der Waals surface area contributed by atoms with Gasteiger partial charge in [-0.2, -0.15) is 0 Å². The van der Waals surface area contributed by atoms with Crippen molar-refractivity contribution in [3.63, 3.8) is 0 Å². The minimum absolute atomic E-state index is 0.0349. The molecule has 1 fully saturated rings. The maximum atomic E-state index is 14.1. The molecule has 0 radical (unpaired) electrons. The van der Waals surface area contributed by atoms with Gasteiger partial charge in [-0.1, -0.05) is 36.4 Å². The van der Waals surface area contributed by atoms with E-state index in [4.69, 9.17) is 9.97 Å². The molecule has 1 atom stereocenters. The molecule has 33 heavy (non-hydrogen) atoms. The monoisotopic (exact) mass is 444 g/mol. The summed E-state index contributed by atoms with van der Waals surface area (Å²) in [6, 6.07) is 15.6. The van der Waals surface area contributed by atoms with Crippen molar-refractivity contribution in [1.82, 2.24) is 14.9 Å². The summed E-state index contributed by atoms with van der Waals surface area (Å²) in [5, 5.41) is 0. The molecule has 0 N–H and O–H groups in total. The van der Waals surface area contributed by atoms with Gasteiger partial charge in [0.1, 0.15) is 11.6 Å². The molecule has 5 rings (SSSR count). The van der Waals surface area contributed by atoms with Gasteiger partial charge in [0.25, 0.3) is 5.91 Å². The summed E-state index contributed by atoms with van der Waals surface area (Å²) in [7, 11) is 0. The Bertz CT molecular complexity index is 1210. The van der Waals surface area contributed by atoms with Crippen molar-refractivity contribution in [3.8, 4) is 0 Å². The highest BCUT2D eigenvalue weighted by Crippen LogP contribution is 2.35. The standard InChI is InChI=1S/C26H25FN4O2/c1-17-20-16-23(32)31(15-13-18-8-5-6-11-21(18)27)25(20)29-24(28-17)22-12-7-14-30(22)26(33)19-9-3-2-4-10-19/h2-6,8-11,22H,7,12-16H2,1H3/t22-/m1/s1. The largest absolute Gasteiger partial charge is 0.328 e. The minimum Gasteiger partial charge on any atom is -0.328 e. The Morgan fingerprint density at radius 2 is 1.85 bits per heavy atom. The Hall–Kier alpha value is -3.61. The summed E-state index contributed by atoms with van der Waals surface area (Å²) >= 11 is 0. The van der Waals surface area contributed by atoms with Crippen molar-refractivity contribution < 1.29 is 14.0 Å². The summed E-state index contributed by atoms with van der Waals surface area (Å²) < 4.78 is 14.1. The molecule has 0 spiro atoms. The summed E-state index contributed by atoms with van der Waals surface area (Å²) in [4.78, 5) is 38.9. The van der Waals surface area contributed by atoms with Crippen LogP contribution < -0.4 is 4.90 Å². The van der Waals surface area contributed by atoms with Gasteiger partial charge in [0.05, 0.1) is 12.5 Å². The zero-order chi connectivity index (χ0) is 22.9. The predicted molar refractivity (Wildman–Crippen MR) is 122 cm³/mol. The van der Waals surface area contributed by atoms with Gasteiger partial charge >= 0.3 is 0 Å².